The number of nitrogens with two attached hydrogens (primary N) is 1. The van der Waals surface area contributed by atoms with Gasteiger partial charge < -0.3 is 15.4 Å². The zero-order valence-corrected chi connectivity index (χ0v) is 9.02. The van der Waals surface area contributed by atoms with E-state index < -0.39 is 0 Å². The molecule has 1 aliphatic heterocycles. The molecule has 0 amide bonds. The van der Waals surface area contributed by atoms with E-state index in [2.05, 4.69) is 9.88 Å². The van der Waals surface area contributed by atoms with Gasteiger partial charge in [0.15, 0.2) is 0 Å². The summed E-state index contributed by atoms with van der Waals surface area (Å²) in [4.78, 5) is 6.59. The number of hydrogen-bond donors (Lipinski definition) is 1. The van der Waals surface area contributed by atoms with Crippen molar-refractivity contribution in [2.75, 3.05) is 30.8 Å². The van der Waals surface area contributed by atoms with Crippen LogP contribution in [0.25, 0.3) is 0 Å². The molecule has 4 nitrogen and oxygen atoms in total. The number of methoxy groups -OCH3 is 1. The van der Waals surface area contributed by atoms with Gasteiger partial charge in [0.05, 0.1) is 18.0 Å². The fourth-order valence-corrected chi connectivity index (χ4v) is 1.91. The number of hydrogen-bond acceptors (Lipinski definition) is 4. The molecule has 0 aromatic carbocycles. The summed E-state index contributed by atoms with van der Waals surface area (Å²) in [5.41, 5.74) is 6.31. The Labute approximate surface area is 90.0 Å². The Morgan fingerprint density at radius 3 is 2.67 bits per heavy atom. The highest BCUT2D eigenvalue weighted by atomic mass is 16.5. The van der Waals surface area contributed by atoms with Gasteiger partial charge in [-0.2, -0.15) is 0 Å². The van der Waals surface area contributed by atoms with Crippen LogP contribution >= 0.6 is 0 Å². The van der Waals surface area contributed by atoms with Crippen molar-refractivity contribution in [3.8, 4) is 0 Å². The number of piperidine rings is 1. The van der Waals surface area contributed by atoms with Crippen LogP contribution in [0.5, 0.6) is 0 Å². The summed E-state index contributed by atoms with van der Waals surface area (Å²) < 4.78 is 5.33. The predicted octanol–water partition coefficient (Wildman–Crippen LogP) is 1.28. The van der Waals surface area contributed by atoms with Gasteiger partial charge in [-0.05, 0) is 25.0 Å². The normalized spacial score (nSPS) is 18.1. The fraction of sp³-hybridized carbons (Fsp3) is 0.545. The third-order valence-electron chi connectivity index (χ3n) is 2.87. The molecule has 0 bridgehead atoms. The van der Waals surface area contributed by atoms with Crippen LogP contribution in [-0.2, 0) is 4.74 Å². The largest absolute Gasteiger partial charge is 0.397 e. The Morgan fingerprint density at radius 2 is 2.13 bits per heavy atom. The van der Waals surface area contributed by atoms with Crippen molar-refractivity contribution >= 4 is 11.5 Å². The zero-order valence-electron chi connectivity index (χ0n) is 9.02. The first-order chi connectivity index (χ1) is 7.29. The van der Waals surface area contributed by atoms with Crippen LogP contribution in [0.3, 0.4) is 0 Å². The molecule has 0 atom stereocenters. The van der Waals surface area contributed by atoms with Crippen LogP contribution in [-0.4, -0.2) is 31.3 Å². The minimum Gasteiger partial charge on any atom is -0.397 e. The molecule has 0 aliphatic carbocycles. The van der Waals surface area contributed by atoms with Crippen LogP contribution in [0.4, 0.5) is 11.5 Å². The van der Waals surface area contributed by atoms with E-state index >= 15 is 0 Å². The summed E-state index contributed by atoms with van der Waals surface area (Å²) >= 11 is 0. The Morgan fingerprint density at radius 1 is 1.40 bits per heavy atom. The molecule has 82 valence electrons. The van der Waals surface area contributed by atoms with E-state index in [1.54, 1.807) is 13.3 Å². The molecular formula is C11H17N3O. The zero-order chi connectivity index (χ0) is 10.7. The van der Waals surface area contributed by atoms with E-state index in [4.69, 9.17) is 10.5 Å². The second-order valence-electron chi connectivity index (χ2n) is 3.87. The van der Waals surface area contributed by atoms with Crippen LogP contribution in [0.2, 0.25) is 0 Å². The molecule has 1 aliphatic rings. The molecule has 2 N–H and O–H groups in total. The van der Waals surface area contributed by atoms with Gasteiger partial charge in [0, 0.05) is 20.2 Å². The topological polar surface area (TPSA) is 51.4 Å². The van der Waals surface area contributed by atoms with E-state index in [0.29, 0.717) is 11.8 Å². The number of pyridine rings is 1. The Bertz CT molecular complexity index is 304. The molecule has 4 heteroatoms. The minimum atomic E-state index is 0.412. The third kappa shape index (κ3) is 2.39. The van der Waals surface area contributed by atoms with Crippen LogP contribution in [0.1, 0.15) is 12.8 Å². The lowest BCUT2D eigenvalue weighted by Gasteiger charge is -2.32. The lowest BCUT2D eigenvalue weighted by Crippen LogP contribution is -2.37. The van der Waals surface area contributed by atoms with Gasteiger partial charge >= 0.3 is 0 Å². The second kappa shape index (κ2) is 4.49. The first kappa shape index (κ1) is 10.2. The van der Waals surface area contributed by atoms with Gasteiger partial charge in [0.25, 0.3) is 0 Å². The first-order valence-corrected chi connectivity index (χ1v) is 5.29. The quantitative estimate of drug-likeness (QED) is 0.793. The Kier molecular flexibility index (Phi) is 3.06. The number of anilines is 2. The standard InChI is InChI=1S/C11H17N3O/c1-15-10-4-6-14(7-5-10)11-3-2-9(12)8-13-11/h2-3,8,10H,4-7,12H2,1H3. The van der Waals surface area contributed by atoms with Crippen molar-refractivity contribution in [3.63, 3.8) is 0 Å². The lowest BCUT2D eigenvalue weighted by atomic mass is 10.1. The highest BCUT2D eigenvalue weighted by Gasteiger charge is 2.19. The van der Waals surface area contributed by atoms with Gasteiger partial charge in [0.2, 0.25) is 0 Å². The molecule has 15 heavy (non-hydrogen) atoms. The van der Waals surface area contributed by atoms with E-state index in [1.807, 2.05) is 12.1 Å². The summed E-state index contributed by atoms with van der Waals surface area (Å²) in [5.74, 6) is 1.01. The van der Waals surface area contributed by atoms with Crippen molar-refractivity contribution in [3.05, 3.63) is 18.3 Å². The molecule has 1 fully saturated rings. The van der Waals surface area contributed by atoms with Crippen molar-refractivity contribution < 1.29 is 4.74 Å². The molecule has 2 rings (SSSR count). The maximum Gasteiger partial charge on any atom is 0.128 e. The summed E-state index contributed by atoms with van der Waals surface area (Å²) in [6.45, 7) is 2.02. The van der Waals surface area contributed by atoms with Crippen molar-refractivity contribution in [1.29, 1.82) is 0 Å². The number of ether oxygens (including phenoxy) is 1. The summed E-state index contributed by atoms with van der Waals surface area (Å²) in [7, 11) is 1.78. The first-order valence-electron chi connectivity index (χ1n) is 5.29. The molecule has 2 heterocycles. The fourth-order valence-electron chi connectivity index (χ4n) is 1.91. The molecule has 0 unspecified atom stereocenters. The average molecular weight is 207 g/mol. The van der Waals surface area contributed by atoms with E-state index in [9.17, 15) is 0 Å². The Balaban J connectivity index is 1.98. The minimum absolute atomic E-state index is 0.412. The van der Waals surface area contributed by atoms with E-state index in [0.717, 1.165) is 31.7 Å². The molecule has 0 saturated carbocycles. The van der Waals surface area contributed by atoms with Crippen LogP contribution in [0.15, 0.2) is 18.3 Å². The van der Waals surface area contributed by atoms with Gasteiger partial charge in [-0.15, -0.1) is 0 Å². The van der Waals surface area contributed by atoms with Crippen molar-refractivity contribution in [2.24, 2.45) is 0 Å². The highest BCUT2D eigenvalue weighted by molar-refractivity contribution is 5.45. The molecular weight excluding hydrogens is 190 g/mol. The number of rotatable bonds is 2. The number of nitrogen functional groups attached to an aromatic ring is 1. The van der Waals surface area contributed by atoms with Gasteiger partial charge in [-0.25, -0.2) is 4.98 Å². The van der Waals surface area contributed by atoms with Crippen molar-refractivity contribution in [1.82, 2.24) is 4.98 Å². The second-order valence-corrected chi connectivity index (χ2v) is 3.87. The van der Waals surface area contributed by atoms with E-state index in [-0.39, 0.29) is 0 Å². The average Bonchev–Trinajstić information content (AvgIpc) is 2.30. The molecule has 1 aromatic rings. The summed E-state index contributed by atoms with van der Waals surface area (Å²) in [5, 5.41) is 0. The van der Waals surface area contributed by atoms with Gasteiger partial charge in [-0.3, -0.25) is 0 Å². The molecule has 0 radical (unpaired) electrons. The van der Waals surface area contributed by atoms with Crippen LogP contribution < -0.4 is 10.6 Å². The number of aromatic nitrogens is 1. The SMILES string of the molecule is COC1CCN(c2ccc(N)cn2)CC1. The Hall–Kier alpha value is -1.29. The third-order valence-corrected chi connectivity index (χ3v) is 2.87. The van der Waals surface area contributed by atoms with E-state index in [1.165, 1.54) is 0 Å². The molecule has 0 spiro atoms. The van der Waals surface area contributed by atoms with Crippen molar-refractivity contribution in [2.45, 2.75) is 18.9 Å². The predicted molar refractivity (Wildman–Crippen MR) is 60.9 cm³/mol. The monoisotopic (exact) mass is 207 g/mol. The lowest BCUT2D eigenvalue weighted by molar-refractivity contribution is 0.0818. The van der Waals surface area contributed by atoms with Gasteiger partial charge in [0.1, 0.15) is 5.82 Å². The smallest absolute Gasteiger partial charge is 0.128 e. The van der Waals surface area contributed by atoms with Crippen LogP contribution in [0, 0.1) is 0 Å². The maximum absolute atomic E-state index is 5.60. The van der Waals surface area contributed by atoms with Gasteiger partial charge in [-0.1, -0.05) is 0 Å². The maximum atomic E-state index is 5.60. The summed E-state index contributed by atoms with van der Waals surface area (Å²) in [6, 6.07) is 3.87. The molecule has 1 aromatic heterocycles. The summed E-state index contributed by atoms with van der Waals surface area (Å²) in [6.07, 6.45) is 4.26. The molecule has 1 saturated heterocycles. The highest BCUT2D eigenvalue weighted by Crippen LogP contribution is 2.19. The number of nitrogens with zero attached hydrogens (tertiary/aromatic N) is 2.